The molecule has 0 saturated heterocycles. The van der Waals surface area contributed by atoms with Crippen LogP contribution in [0.15, 0.2) is 46.9 Å². The molecule has 2 aromatic rings. The Hall–Kier alpha value is -1.00. The molecule has 0 fully saturated rings. The van der Waals surface area contributed by atoms with Gasteiger partial charge in [0.2, 0.25) is 0 Å². The van der Waals surface area contributed by atoms with Crippen LogP contribution < -0.4 is 9.47 Å². The topological polar surface area (TPSA) is 18.5 Å². The van der Waals surface area contributed by atoms with Gasteiger partial charge in [0.25, 0.3) is 0 Å². The number of rotatable bonds is 6. The average molecular weight is 414 g/mol. The highest BCUT2D eigenvalue weighted by molar-refractivity contribution is 9.10. The van der Waals surface area contributed by atoms with E-state index in [1.165, 1.54) is 5.56 Å². The van der Waals surface area contributed by atoms with Crippen molar-refractivity contribution in [3.63, 3.8) is 0 Å². The molecule has 112 valence electrons. The first-order valence-corrected chi connectivity index (χ1v) is 8.56. The van der Waals surface area contributed by atoms with Crippen molar-refractivity contribution in [1.29, 1.82) is 0 Å². The van der Waals surface area contributed by atoms with Crippen molar-refractivity contribution in [2.24, 2.45) is 0 Å². The Morgan fingerprint density at radius 2 is 1.86 bits per heavy atom. The van der Waals surface area contributed by atoms with Crippen molar-refractivity contribution in [2.45, 2.75) is 18.2 Å². The van der Waals surface area contributed by atoms with E-state index in [9.17, 15) is 0 Å². The Morgan fingerprint density at radius 1 is 1.10 bits per heavy atom. The number of methoxy groups -OCH3 is 1. The molecule has 0 aliphatic rings. The summed E-state index contributed by atoms with van der Waals surface area (Å²) in [4.78, 5) is 0.116. The van der Waals surface area contributed by atoms with Crippen molar-refractivity contribution in [2.75, 3.05) is 13.7 Å². The summed E-state index contributed by atoms with van der Waals surface area (Å²) in [5.74, 6) is 1.74. The van der Waals surface area contributed by atoms with Gasteiger partial charge in [0.15, 0.2) is 0 Å². The molecular weight excluding hydrogens is 396 g/mol. The normalized spacial score (nSPS) is 12.0. The van der Waals surface area contributed by atoms with Gasteiger partial charge in [-0.15, -0.1) is 0 Å². The highest BCUT2D eigenvalue weighted by Crippen LogP contribution is 2.36. The van der Waals surface area contributed by atoms with Gasteiger partial charge in [-0.05, 0) is 57.7 Å². The van der Waals surface area contributed by atoms with Crippen LogP contribution in [-0.4, -0.2) is 13.7 Å². The van der Waals surface area contributed by atoms with Gasteiger partial charge in [0.1, 0.15) is 11.5 Å². The van der Waals surface area contributed by atoms with Gasteiger partial charge in [-0.2, -0.15) is 0 Å². The molecule has 2 aromatic carbocycles. The van der Waals surface area contributed by atoms with Gasteiger partial charge in [-0.3, -0.25) is 0 Å². The van der Waals surface area contributed by atoms with E-state index in [1.54, 1.807) is 7.11 Å². The fraction of sp³-hybridized carbons (Fsp3) is 0.294. The lowest BCUT2D eigenvalue weighted by Gasteiger charge is -2.14. The first-order chi connectivity index (χ1) is 10.2. The Balaban J connectivity index is 2.22. The molecule has 0 saturated carbocycles. The van der Waals surface area contributed by atoms with Crippen molar-refractivity contribution in [1.82, 2.24) is 0 Å². The molecule has 0 aliphatic carbocycles. The number of hydrogen-bond donors (Lipinski definition) is 0. The van der Waals surface area contributed by atoms with Gasteiger partial charge in [0, 0.05) is 0 Å². The third-order valence-electron chi connectivity index (χ3n) is 3.09. The lowest BCUT2D eigenvalue weighted by atomic mass is 10.0. The van der Waals surface area contributed by atoms with E-state index >= 15 is 0 Å². The van der Waals surface area contributed by atoms with Crippen LogP contribution >= 0.6 is 31.9 Å². The molecule has 4 heteroatoms. The summed E-state index contributed by atoms with van der Waals surface area (Å²) in [6, 6.07) is 14.3. The summed E-state index contributed by atoms with van der Waals surface area (Å²) < 4.78 is 11.9. The van der Waals surface area contributed by atoms with E-state index in [0.717, 1.165) is 34.6 Å². The van der Waals surface area contributed by atoms with E-state index < -0.39 is 0 Å². The smallest absolute Gasteiger partial charge is 0.133 e. The minimum Gasteiger partial charge on any atom is -0.496 e. The second-order valence-electron chi connectivity index (χ2n) is 4.68. The largest absolute Gasteiger partial charge is 0.496 e. The third-order valence-corrected chi connectivity index (χ3v) is 4.77. The van der Waals surface area contributed by atoms with Crippen LogP contribution in [0.2, 0.25) is 0 Å². The van der Waals surface area contributed by atoms with Crippen LogP contribution in [0.3, 0.4) is 0 Å². The highest BCUT2D eigenvalue weighted by atomic mass is 79.9. The van der Waals surface area contributed by atoms with Crippen LogP contribution in [0.1, 0.15) is 29.3 Å². The van der Waals surface area contributed by atoms with Crippen molar-refractivity contribution in [3.8, 4) is 11.5 Å². The zero-order valence-corrected chi connectivity index (χ0v) is 15.3. The van der Waals surface area contributed by atoms with Crippen molar-refractivity contribution >= 4 is 31.9 Å². The minimum absolute atomic E-state index is 0.116. The molecule has 21 heavy (non-hydrogen) atoms. The van der Waals surface area contributed by atoms with Crippen LogP contribution in [0.25, 0.3) is 0 Å². The summed E-state index contributed by atoms with van der Waals surface area (Å²) in [6.45, 7) is 2.84. The lowest BCUT2D eigenvalue weighted by Crippen LogP contribution is -1.98. The Kier molecular flexibility index (Phi) is 6.12. The van der Waals surface area contributed by atoms with Crippen LogP contribution in [0.4, 0.5) is 0 Å². The summed E-state index contributed by atoms with van der Waals surface area (Å²) >= 11 is 7.29. The van der Waals surface area contributed by atoms with Gasteiger partial charge >= 0.3 is 0 Å². The van der Waals surface area contributed by atoms with E-state index in [2.05, 4.69) is 63.0 Å². The monoisotopic (exact) mass is 412 g/mol. The SMILES string of the molecule is CCCOc1cccc(C(Br)c2ccc(OC)c(Br)c2)c1. The molecule has 0 bridgehead atoms. The van der Waals surface area contributed by atoms with Gasteiger partial charge < -0.3 is 9.47 Å². The zero-order valence-electron chi connectivity index (χ0n) is 12.1. The third kappa shape index (κ3) is 4.24. The number of benzene rings is 2. The molecule has 2 nitrogen and oxygen atoms in total. The Morgan fingerprint density at radius 3 is 2.52 bits per heavy atom. The number of ether oxygens (including phenoxy) is 2. The number of halogens is 2. The fourth-order valence-corrected chi connectivity index (χ4v) is 3.14. The predicted molar refractivity (Wildman–Crippen MR) is 93.7 cm³/mol. The van der Waals surface area contributed by atoms with Gasteiger partial charge in [-0.1, -0.05) is 41.1 Å². The summed E-state index contributed by atoms with van der Waals surface area (Å²) in [6.07, 6.45) is 1.01. The molecular formula is C17H18Br2O2. The van der Waals surface area contributed by atoms with Crippen LogP contribution in [-0.2, 0) is 0 Å². The first kappa shape index (κ1) is 16.4. The number of alkyl halides is 1. The second-order valence-corrected chi connectivity index (χ2v) is 6.45. The van der Waals surface area contributed by atoms with Crippen LogP contribution in [0, 0.1) is 0 Å². The molecule has 0 spiro atoms. The molecule has 2 rings (SSSR count). The predicted octanol–water partition coefficient (Wildman–Crippen LogP) is 5.73. The number of hydrogen-bond acceptors (Lipinski definition) is 2. The average Bonchev–Trinajstić information content (AvgIpc) is 2.52. The zero-order chi connectivity index (χ0) is 15.2. The minimum atomic E-state index is 0.116. The maximum absolute atomic E-state index is 5.69. The molecule has 1 unspecified atom stereocenters. The first-order valence-electron chi connectivity index (χ1n) is 6.86. The van der Waals surface area contributed by atoms with Gasteiger partial charge in [-0.25, -0.2) is 0 Å². The van der Waals surface area contributed by atoms with E-state index in [-0.39, 0.29) is 4.83 Å². The summed E-state index contributed by atoms with van der Waals surface area (Å²) in [7, 11) is 1.67. The molecule has 0 aliphatic heterocycles. The van der Waals surface area contributed by atoms with Crippen molar-refractivity contribution in [3.05, 3.63) is 58.1 Å². The second kappa shape index (κ2) is 7.85. The lowest BCUT2D eigenvalue weighted by molar-refractivity contribution is 0.317. The van der Waals surface area contributed by atoms with Gasteiger partial charge in [0.05, 0.1) is 23.0 Å². The van der Waals surface area contributed by atoms with Crippen molar-refractivity contribution < 1.29 is 9.47 Å². The molecule has 0 amide bonds. The van der Waals surface area contributed by atoms with E-state index in [0.29, 0.717) is 0 Å². The van der Waals surface area contributed by atoms with Crippen LogP contribution in [0.5, 0.6) is 11.5 Å². The van der Waals surface area contributed by atoms with E-state index in [1.807, 2.05) is 18.2 Å². The Labute approximate surface area is 142 Å². The molecule has 0 radical (unpaired) electrons. The quantitative estimate of drug-likeness (QED) is 0.563. The molecule has 1 atom stereocenters. The molecule has 0 heterocycles. The molecule has 0 aromatic heterocycles. The maximum atomic E-state index is 5.69. The standard InChI is InChI=1S/C17H18Br2O2/c1-3-9-21-14-6-4-5-12(10-14)17(19)13-7-8-16(20-2)15(18)11-13/h4-8,10-11,17H,3,9H2,1-2H3. The highest BCUT2D eigenvalue weighted by Gasteiger charge is 2.13. The molecule has 0 N–H and O–H groups in total. The Bertz CT molecular complexity index is 599. The maximum Gasteiger partial charge on any atom is 0.133 e. The van der Waals surface area contributed by atoms with E-state index in [4.69, 9.17) is 9.47 Å². The summed E-state index contributed by atoms with van der Waals surface area (Å²) in [5, 5.41) is 0. The summed E-state index contributed by atoms with van der Waals surface area (Å²) in [5.41, 5.74) is 2.33. The fourth-order valence-electron chi connectivity index (χ4n) is 2.01.